The van der Waals surface area contributed by atoms with E-state index in [1.54, 1.807) is 0 Å². The van der Waals surface area contributed by atoms with Crippen LogP contribution in [0, 0.1) is 5.92 Å². The number of unbranched alkanes of at least 4 members (excludes halogenated alkanes) is 1. The first kappa shape index (κ1) is 7.59. The van der Waals surface area contributed by atoms with Crippen molar-refractivity contribution in [1.82, 2.24) is 0 Å². The summed E-state index contributed by atoms with van der Waals surface area (Å²) in [6.07, 6.45) is 13.1. The Morgan fingerprint density at radius 1 is 1.40 bits per heavy atom. The van der Waals surface area contributed by atoms with Gasteiger partial charge in [0, 0.05) is 0 Å². The van der Waals surface area contributed by atoms with Gasteiger partial charge in [-0.2, -0.15) is 0 Å². The van der Waals surface area contributed by atoms with E-state index in [1.807, 2.05) is 12.2 Å². The van der Waals surface area contributed by atoms with Crippen LogP contribution in [0.5, 0.6) is 0 Å². The summed E-state index contributed by atoms with van der Waals surface area (Å²) in [6.45, 7) is 3.62. The smallest absolute Gasteiger partial charge is 0.0348 e. The van der Waals surface area contributed by atoms with Gasteiger partial charge < -0.3 is 0 Å². The molecule has 0 N–H and O–H groups in total. The van der Waals surface area contributed by atoms with Crippen molar-refractivity contribution in [3.05, 3.63) is 24.8 Å². The minimum Gasteiger partial charge on any atom is -0.0991 e. The molecule has 0 atom stereocenters. The lowest BCUT2D eigenvalue weighted by Crippen LogP contribution is -1.74. The van der Waals surface area contributed by atoms with Crippen LogP contribution in [0.1, 0.15) is 32.1 Å². The molecule has 1 aliphatic rings. The standard InChI is InChI=1S/C10H16/c1-2-3-4-5-6-7-10-8-9-10/h2-4,10H,1,5-9H2. The van der Waals surface area contributed by atoms with Crippen molar-refractivity contribution in [2.75, 3.05) is 0 Å². The van der Waals surface area contributed by atoms with E-state index in [0.717, 1.165) is 5.92 Å². The largest absolute Gasteiger partial charge is 0.0991 e. The lowest BCUT2D eigenvalue weighted by molar-refractivity contribution is 0.675. The summed E-state index contributed by atoms with van der Waals surface area (Å²) >= 11 is 0. The molecule has 1 aliphatic carbocycles. The maximum atomic E-state index is 3.62. The molecule has 0 heterocycles. The van der Waals surface area contributed by atoms with Crippen LogP contribution in [0.15, 0.2) is 24.8 Å². The Morgan fingerprint density at radius 3 is 2.80 bits per heavy atom. The van der Waals surface area contributed by atoms with Gasteiger partial charge in [-0.25, -0.2) is 0 Å². The van der Waals surface area contributed by atoms with Crippen LogP contribution < -0.4 is 0 Å². The zero-order valence-electron chi connectivity index (χ0n) is 6.55. The van der Waals surface area contributed by atoms with Gasteiger partial charge in [0.15, 0.2) is 0 Å². The topological polar surface area (TPSA) is 0 Å². The van der Waals surface area contributed by atoms with Crippen LogP contribution in [0.25, 0.3) is 0 Å². The Kier molecular flexibility index (Phi) is 3.28. The minimum absolute atomic E-state index is 1.09. The molecule has 1 fully saturated rings. The first-order valence-electron chi connectivity index (χ1n) is 4.21. The second kappa shape index (κ2) is 4.32. The molecule has 0 aliphatic heterocycles. The second-order valence-electron chi connectivity index (χ2n) is 3.04. The molecule has 0 unspecified atom stereocenters. The van der Waals surface area contributed by atoms with Crippen molar-refractivity contribution < 1.29 is 0 Å². The lowest BCUT2D eigenvalue weighted by atomic mass is 10.2. The van der Waals surface area contributed by atoms with Gasteiger partial charge in [0.1, 0.15) is 0 Å². The van der Waals surface area contributed by atoms with Crippen LogP contribution in [0.2, 0.25) is 0 Å². The fraction of sp³-hybridized carbons (Fsp3) is 0.600. The monoisotopic (exact) mass is 136 g/mol. The molecule has 0 aromatic carbocycles. The highest BCUT2D eigenvalue weighted by Crippen LogP contribution is 2.33. The maximum Gasteiger partial charge on any atom is -0.0348 e. The highest BCUT2D eigenvalue weighted by Gasteiger charge is 2.19. The van der Waals surface area contributed by atoms with Crippen molar-refractivity contribution >= 4 is 0 Å². The Hall–Kier alpha value is -0.520. The van der Waals surface area contributed by atoms with Gasteiger partial charge in [0.25, 0.3) is 0 Å². The molecule has 1 rings (SSSR count). The van der Waals surface area contributed by atoms with Crippen LogP contribution >= 0.6 is 0 Å². The molecular formula is C10H16. The molecule has 0 bridgehead atoms. The highest BCUT2D eigenvalue weighted by atomic mass is 14.2. The summed E-state index contributed by atoms with van der Waals surface area (Å²) in [7, 11) is 0. The number of hydrogen-bond donors (Lipinski definition) is 0. The van der Waals surface area contributed by atoms with E-state index in [4.69, 9.17) is 0 Å². The molecule has 0 radical (unpaired) electrons. The maximum absolute atomic E-state index is 3.62. The van der Waals surface area contributed by atoms with E-state index in [0.29, 0.717) is 0 Å². The summed E-state index contributed by atoms with van der Waals surface area (Å²) in [5, 5.41) is 0. The number of rotatable bonds is 5. The minimum atomic E-state index is 1.09. The molecule has 56 valence electrons. The van der Waals surface area contributed by atoms with Crippen LogP contribution in [0.4, 0.5) is 0 Å². The average molecular weight is 136 g/mol. The summed E-state index contributed by atoms with van der Waals surface area (Å²) in [4.78, 5) is 0. The Morgan fingerprint density at radius 2 is 2.20 bits per heavy atom. The predicted molar refractivity (Wildman–Crippen MR) is 45.9 cm³/mol. The quantitative estimate of drug-likeness (QED) is 0.402. The third kappa shape index (κ3) is 3.49. The third-order valence-electron chi connectivity index (χ3n) is 1.95. The fourth-order valence-electron chi connectivity index (χ4n) is 1.12. The summed E-state index contributed by atoms with van der Waals surface area (Å²) < 4.78 is 0. The summed E-state index contributed by atoms with van der Waals surface area (Å²) in [6, 6.07) is 0. The van der Waals surface area contributed by atoms with Crippen molar-refractivity contribution in [3.8, 4) is 0 Å². The van der Waals surface area contributed by atoms with Crippen molar-refractivity contribution in [1.29, 1.82) is 0 Å². The van der Waals surface area contributed by atoms with E-state index in [1.165, 1.54) is 32.1 Å². The zero-order valence-corrected chi connectivity index (χ0v) is 6.55. The average Bonchev–Trinajstić information content (AvgIpc) is 2.71. The SMILES string of the molecule is C=CC=CCCCC1CC1. The highest BCUT2D eigenvalue weighted by molar-refractivity contribution is 4.96. The van der Waals surface area contributed by atoms with Crippen molar-refractivity contribution in [2.24, 2.45) is 5.92 Å². The molecule has 1 saturated carbocycles. The van der Waals surface area contributed by atoms with E-state index >= 15 is 0 Å². The van der Waals surface area contributed by atoms with Crippen LogP contribution in [0.3, 0.4) is 0 Å². The van der Waals surface area contributed by atoms with Crippen molar-refractivity contribution in [2.45, 2.75) is 32.1 Å². The normalized spacial score (nSPS) is 18.0. The molecule has 0 amide bonds. The van der Waals surface area contributed by atoms with E-state index in [2.05, 4.69) is 12.7 Å². The van der Waals surface area contributed by atoms with Crippen molar-refractivity contribution in [3.63, 3.8) is 0 Å². The molecule has 10 heavy (non-hydrogen) atoms. The Bertz CT molecular complexity index is 118. The molecule has 0 aromatic heterocycles. The van der Waals surface area contributed by atoms with Gasteiger partial charge in [-0.1, -0.05) is 44.1 Å². The molecule has 0 nitrogen and oxygen atoms in total. The van der Waals surface area contributed by atoms with Gasteiger partial charge in [0.2, 0.25) is 0 Å². The predicted octanol–water partition coefficient (Wildman–Crippen LogP) is 3.31. The number of allylic oxidation sites excluding steroid dienone is 3. The van der Waals surface area contributed by atoms with Gasteiger partial charge in [-0.05, 0) is 18.8 Å². The van der Waals surface area contributed by atoms with Gasteiger partial charge >= 0.3 is 0 Å². The molecular weight excluding hydrogens is 120 g/mol. The molecule has 0 spiro atoms. The third-order valence-corrected chi connectivity index (χ3v) is 1.95. The zero-order chi connectivity index (χ0) is 7.23. The van der Waals surface area contributed by atoms with Gasteiger partial charge in [0.05, 0.1) is 0 Å². The first-order valence-corrected chi connectivity index (χ1v) is 4.21. The van der Waals surface area contributed by atoms with Gasteiger partial charge in [-0.15, -0.1) is 0 Å². The van der Waals surface area contributed by atoms with Crippen LogP contribution in [-0.4, -0.2) is 0 Å². The van der Waals surface area contributed by atoms with E-state index < -0.39 is 0 Å². The van der Waals surface area contributed by atoms with E-state index in [9.17, 15) is 0 Å². The van der Waals surface area contributed by atoms with Crippen LogP contribution in [-0.2, 0) is 0 Å². The Labute approximate surface area is 63.6 Å². The Balaban J connectivity index is 1.84. The molecule has 0 heteroatoms. The summed E-state index contributed by atoms with van der Waals surface area (Å²) in [5.74, 6) is 1.09. The second-order valence-corrected chi connectivity index (χ2v) is 3.04. The molecule has 0 aromatic rings. The van der Waals surface area contributed by atoms with E-state index in [-0.39, 0.29) is 0 Å². The number of hydrogen-bond acceptors (Lipinski definition) is 0. The van der Waals surface area contributed by atoms with Gasteiger partial charge in [-0.3, -0.25) is 0 Å². The first-order chi connectivity index (χ1) is 4.93. The lowest BCUT2D eigenvalue weighted by Gasteiger charge is -1.91. The summed E-state index contributed by atoms with van der Waals surface area (Å²) in [5.41, 5.74) is 0. The fourth-order valence-corrected chi connectivity index (χ4v) is 1.12. The molecule has 0 saturated heterocycles.